The number of rotatable bonds is 3. The predicted molar refractivity (Wildman–Crippen MR) is 99.0 cm³/mol. The van der Waals surface area contributed by atoms with Gasteiger partial charge in [0.05, 0.1) is 28.7 Å². The molecule has 128 valence electrons. The number of nitrogen functional groups attached to an aromatic ring is 1. The van der Waals surface area contributed by atoms with Crippen LogP contribution < -0.4 is 11.1 Å². The third-order valence-corrected chi connectivity index (χ3v) is 5.15. The molecule has 0 aliphatic carbocycles. The Labute approximate surface area is 149 Å². The Bertz CT molecular complexity index is 904. The molecule has 3 N–H and O–H groups in total. The zero-order valence-corrected chi connectivity index (χ0v) is 14.4. The minimum absolute atomic E-state index is 0.167. The van der Waals surface area contributed by atoms with Crippen molar-refractivity contribution in [2.75, 3.05) is 24.3 Å². The van der Waals surface area contributed by atoms with Crippen molar-refractivity contribution in [2.24, 2.45) is 0 Å². The highest BCUT2D eigenvalue weighted by molar-refractivity contribution is 7.22. The first-order valence-electron chi connectivity index (χ1n) is 8.20. The van der Waals surface area contributed by atoms with E-state index in [4.69, 9.17) is 10.5 Å². The fourth-order valence-electron chi connectivity index (χ4n) is 3.14. The molecule has 1 aromatic carbocycles. The van der Waals surface area contributed by atoms with Gasteiger partial charge in [0, 0.05) is 24.3 Å². The Balaban J connectivity index is 1.72. The van der Waals surface area contributed by atoms with E-state index in [1.165, 1.54) is 11.3 Å². The highest BCUT2D eigenvalue weighted by Gasteiger charge is 2.22. The monoisotopic (exact) mass is 354 g/mol. The molecule has 1 aliphatic heterocycles. The molecule has 0 saturated carbocycles. The van der Waals surface area contributed by atoms with Crippen LogP contribution in [0, 0.1) is 0 Å². The number of ether oxygens (including phenoxy) is 1. The minimum Gasteiger partial charge on any atom is -0.381 e. The van der Waals surface area contributed by atoms with E-state index >= 15 is 0 Å². The number of anilines is 2. The molecule has 3 aromatic rings. The lowest BCUT2D eigenvalue weighted by Gasteiger charge is -2.23. The summed E-state index contributed by atoms with van der Waals surface area (Å²) in [7, 11) is 0. The molecule has 25 heavy (non-hydrogen) atoms. The number of hydrogen-bond donors (Lipinski definition) is 2. The first kappa shape index (κ1) is 16.0. The maximum absolute atomic E-state index is 12.7. The van der Waals surface area contributed by atoms with Crippen molar-refractivity contribution >= 4 is 38.3 Å². The van der Waals surface area contributed by atoms with Crippen LogP contribution in [0.1, 0.15) is 34.7 Å². The van der Waals surface area contributed by atoms with Gasteiger partial charge < -0.3 is 15.8 Å². The lowest BCUT2D eigenvalue weighted by atomic mass is 9.91. The molecule has 3 heterocycles. The molecule has 1 saturated heterocycles. The van der Waals surface area contributed by atoms with Crippen LogP contribution in [0.3, 0.4) is 0 Å². The Hall–Kier alpha value is -2.51. The lowest BCUT2D eigenvalue weighted by molar-refractivity contribution is 0.0807. The molecular formula is C18H18N4O2S. The summed E-state index contributed by atoms with van der Waals surface area (Å²) in [4.78, 5) is 21.2. The molecule has 0 radical (unpaired) electrons. The van der Waals surface area contributed by atoms with Crippen LogP contribution in [-0.4, -0.2) is 29.1 Å². The third-order valence-electron chi connectivity index (χ3n) is 4.32. The second-order valence-electron chi connectivity index (χ2n) is 6.07. The molecule has 1 aliphatic rings. The molecule has 0 spiro atoms. The smallest absolute Gasteiger partial charge is 0.255 e. The second-order valence-corrected chi connectivity index (χ2v) is 7.14. The van der Waals surface area contributed by atoms with E-state index in [1.54, 1.807) is 18.5 Å². The number of amides is 1. The van der Waals surface area contributed by atoms with Gasteiger partial charge >= 0.3 is 0 Å². The largest absolute Gasteiger partial charge is 0.381 e. The van der Waals surface area contributed by atoms with E-state index in [0.717, 1.165) is 35.2 Å². The zero-order chi connectivity index (χ0) is 17.2. The highest BCUT2D eigenvalue weighted by Crippen LogP contribution is 2.35. The molecule has 1 fully saturated rings. The summed E-state index contributed by atoms with van der Waals surface area (Å²) >= 11 is 1.40. The van der Waals surface area contributed by atoms with Crippen molar-refractivity contribution in [3.8, 4) is 0 Å². The van der Waals surface area contributed by atoms with Crippen molar-refractivity contribution in [3.63, 3.8) is 0 Å². The lowest BCUT2D eigenvalue weighted by Crippen LogP contribution is -2.17. The Morgan fingerprint density at radius 1 is 1.40 bits per heavy atom. The summed E-state index contributed by atoms with van der Waals surface area (Å²) in [6.45, 7) is 1.44. The number of hydrogen-bond acceptors (Lipinski definition) is 6. The van der Waals surface area contributed by atoms with Crippen LogP contribution in [0.4, 0.5) is 10.8 Å². The van der Waals surface area contributed by atoms with Crippen molar-refractivity contribution < 1.29 is 9.53 Å². The number of pyridine rings is 1. The van der Waals surface area contributed by atoms with Gasteiger partial charge in [0.15, 0.2) is 5.13 Å². The molecule has 0 bridgehead atoms. The molecule has 1 amide bonds. The maximum atomic E-state index is 12.7. The summed E-state index contributed by atoms with van der Waals surface area (Å²) < 4.78 is 6.55. The predicted octanol–water partition coefficient (Wildman–Crippen LogP) is 3.42. The van der Waals surface area contributed by atoms with Crippen LogP contribution in [0.2, 0.25) is 0 Å². The van der Waals surface area contributed by atoms with Crippen LogP contribution >= 0.6 is 11.3 Å². The fourth-order valence-corrected chi connectivity index (χ4v) is 3.95. The average molecular weight is 354 g/mol. The first-order chi connectivity index (χ1) is 12.2. The van der Waals surface area contributed by atoms with Crippen LogP contribution in [0.15, 0.2) is 36.7 Å². The zero-order valence-electron chi connectivity index (χ0n) is 13.6. The Kier molecular flexibility index (Phi) is 4.33. The summed E-state index contributed by atoms with van der Waals surface area (Å²) in [6, 6.07) is 7.37. The van der Waals surface area contributed by atoms with Crippen LogP contribution in [-0.2, 0) is 4.74 Å². The summed E-state index contributed by atoms with van der Waals surface area (Å²) in [6.07, 6.45) is 5.33. The summed E-state index contributed by atoms with van der Waals surface area (Å²) in [5.74, 6) is 0.0729. The van der Waals surface area contributed by atoms with E-state index in [0.29, 0.717) is 23.0 Å². The van der Waals surface area contributed by atoms with E-state index < -0.39 is 0 Å². The third kappa shape index (κ3) is 3.33. The van der Waals surface area contributed by atoms with Crippen molar-refractivity contribution in [2.45, 2.75) is 18.8 Å². The van der Waals surface area contributed by atoms with Crippen LogP contribution in [0.25, 0.3) is 10.2 Å². The van der Waals surface area contributed by atoms with Gasteiger partial charge in [-0.2, -0.15) is 0 Å². The topological polar surface area (TPSA) is 90.1 Å². The maximum Gasteiger partial charge on any atom is 0.255 e. The first-order valence-corrected chi connectivity index (χ1v) is 9.01. The van der Waals surface area contributed by atoms with Gasteiger partial charge in [-0.05, 0) is 42.7 Å². The van der Waals surface area contributed by atoms with Crippen molar-refractivity contribution in [1.82, 2.24) is 9.97 Å². The molecule has 4 rings (SSSR count). The van der Waals surface area contributed by atoms with Gasteiger partial charge in [-0.15, -0.1) is 0 Å². The molecular weight excluding hydrogens is 336 g/mol. The number of carbonyl (C=O) groups is 1. The summed E-state index contributed by atoms with van der Waals surface area (Å²) in [5, 5.41) is 3.39. The summed E-state index contributed by atoms with van der Waals surface area (Å²) in [5.41, 5.74) is 9.10. The number of benzene rings is 1. The van der Waals surface area contributed by atoms with E-state index in [9.17, 15) is 4.79 Å². The average Bonchev–Trinajstić information content (AvgIpc) is 3.02. The quantitative estimate of drug-likeness (QED) is 0.752. The van der Waals surface area contributed by atoms with Crippen molar-refractivity contribution in [3.05, 3.63) is 47.8 Å². The second kappa shape index (κ2) is 6.78. The molecule has 1 unspecified atom stereocenters. The van der Waals surface area contributed by atoms with Gasteiger partial charge in [0.2, 0.25) is 0 Å². The SMILES string of the molecule is Nc1nc2c(C3CCCOC3)cc(C(=O)Nc3cccnc3)cc2s1. The van der Waals surface area contributed by atoms with Crippen molar-refractivity contribution in [1.29, 1.82) is 0 Å². The van der Waals surface area contributed by atoms with Crippen LogP contribution in [0.5, 0.6) is 0 Å². The number of nitrogens with one attached hydrogen (secondary N) is 1. The van der Waals surface area contributed by atoms with Gasteiger partial charge in [-0.3, -0.25) is 9.78 Å². The number of nitrogens with zero attached hydrogens (tertiary/aromatic N) is 2. The Morgan fingerprint density at radius 3 is 3.08 bits per heavy atom. The molecule has 2 aromatic heterocycles. The molecule has 7 heteroatoms. The minimum atomic E-state index is -0.167. The normalized spacial score (nSPS) is 17.5. The van der Waals surface area contributed by atoms with Gasteiger partial charge in [0.1, 0.15) is 0 Å². The molecule has 1 atom stereocenters. The number of fused-ring (bicyclic) bond motifs is 1. The van der Waals surface area contributed by atoms with Gasteiger partial charge in [-0.1, -0.05) is 11.3 Å². The van der Waals surface area contributed by atoms with E-state index in [1.807, 2.05) is 18.2 Å². The fraction of sp³-hybridized carbons (Fsp3) is 0.278. The number of carbonyl (C=O) groups excluding carboxylic acids is 1. The molecule has 6 nitrogen and oxygen atoms in total. The number of thiazole rings is 1. The van der Waals surface area contributed by atoms with Gasteiger partial charge in [-0.25, -0.2) is 4.98 Å². The standard InChI is InChI=1S/C18H18N4O2S/c19-18-22-16-14(11-3-2-6-24-10-11)7-12(8-15(16)25-18)17(23)21-13-4-1-5-20-9-13/h1,4-5,7-9,11H,2-3,6,10H2,(H2,19,22)(H,21,23). The Morgan fingerprint density at radius 2 is 2.32 bits per heavy atom. The van der Waals surface area contributed by atoms with Gasteiger partial charge in [0.25, 0.3) is 5.91 Å². The van der Waals surface area contributed by atoms with E-state index in [-0.39, 0.29) is 11.8 Å². The number of nitrogens with two attached hydrogens (primary N) is 1. The highest BCUT2D eigenvalue weighted by atomic mass is 32.1. The van der Waals surface area contributed by atoms with E-state index in [2.05, 4.69) is 15.3 Å². The number of aromatic nitrogens is 2.